The lowest BCUT2D eigenvalue weighted by atomic mass is 9.81. The Balaban J connectivity index is 1.22. The summed E-state index contributed by atoms with van der Waals surface area (Å²) in [5.41, 5.74) is 11.7. The van der Waals surface area contributed by atoms with Crippen molar-refractivity contribution in [2.45, 2.75) is 26.2 Å². The number of hydrogen-bond acceptors (Lipinski definition) is 2. The first-order valence-corrected chi connectivity index (χ1v) is 17.3. The van der Waals surface area contributed by atoms with Gasteiger partial charge in [-0.25, -0.2) is 9.97 Å². The molecular weight excluding hydrogens is 605 g/mol. The van der Waals surface area contributed by atoms with Crippen LogP contribution >= 0.6 is 0 Å². The standard InChI is InChI=1S/C48H36N2/c1-5-6-17-38-30(2)48(3,4)43-28-35-23-21-32-20-22-34-27-37(24-25-39(34)45(32)41(35)29-42(38)43)47-49-44-19-11-10-18-40(44)46(50-47)36-16-12-15-33(26-36)31-13-8-7-9-14-31/h5-29H,1H2,2-4H3/b17-6-. The average Bonchev–Trinajstić information content (AvgIpc) is 3.35. The van der Waals surface area contributed by atoms with Crippen LogP contribution in [0, 0.1) is 0 Å². The van der Waals surface area contributed by atoms with Crippen molar-refractivity contribution in [1.29, 1.82) is 0 Å². The molecule has 0 amide bonds. The zero-order valence-corrected chi connectivity index (χ0v) is 28.5. The third-order valence-electron chi connectivity index (χ3n) is 10.8. The largest absolute Gasteiger partial charge is 0.228 e. The number of allylic oxidation sites excluding steroid dienone is 5. The Morgan fingerprint density at radius 1 is 0.580 bits per heavy atom. The van der Waals surface area contributed by atoms with Gasteiger partial charge in [-0.1, -0.05) is 147 Å². The van der Waals surface area contributed by atoms with Crippen LogP contribution in [0.25, 0.3) is 82.6 Å². The van der Waals surface area contributed by atoms with E-state index in [9.17, 15) is 0 Å². The lowest BCUT2D eigenvalue weighted by Gasteiger charge is -2.23. The van der Waals surface area contributed by atoms with Gasteiger partial charge in [0.2, 0.25) is 0 Å². The zero-order valence-electron chi connectivity index (χ0n) is 28.5. The van der Waals surface area contributed by atoms with E-state index in [0.717, 1.165) is 33.5 Å². The Morgan fingerprint density at radius 2 is 1.30 bits per heavy atom. The number of para-hydroxylation sites is 1. The smallest absolute Gasteiger partial charge is 0.160 e. The summed E-state index contributed by atoms with van der Waals surface area (Å²) < 4.78 is 0. The highest BCUT2D eigenvalue weighted by molar-refractivity contribution is 6.21. The third-order valence-corrected chi connectivity index (χ3v) is 10.8. The van der Waals surface area contributed by atoms with E-state index in [4.69, 9.17) is 9.97 Å². The molecule has 0 spiro atoms. The maximum Gasteiger partial charge on any atom is 0.160 e. The first-order chi connectivity index (χ1) is 24.4. The molecule has 0 aliphatic heterocycles. The van der Waals surface area contributed by atoms with E-state index in [2.05, 4.69) is 167 Å². The lowest BCUT2D eigenvalue weighted by molar-refractivity contribution is 0.640. The molecule has 0 unspecified atom stereocenters. The molecule has 0 saturated carbocycles. The molecule has 0 saturated heterocycles. The molecule has 1 aromatic heterocycles. The van der Waals surface area contributed by atoms with E-state index in [1.54, 1.807) is 0 Å². The molecule has 0 atom stereocenters. The van der Waals surface area contributed by atoms with Crippen LogP contribution in [0.5, 0.6) is 0 Å². The normalized spacial score (nSPS) is 14.0. The minimum atomic E-state index is -0.0332. The molecule has 0 bridgehead atoms. The summed E-state index contributed by atoms with van der Waals surface area (Å²) in [6, 6.07) is 48.0. The Morgan fingerprint density at radius 3 is 2.12 bits per heavy atom. The average molecular weight is 641 g/mol. The second kappa shape index (κ2) is 11.5. The number of nitrogens with zero attached hydrogens (tertiary/aromatic N) is 2. The summed E-state index contributed by atoms with van der Waals surface area (Å²) in [6.45, 7) is 10.9. The molecule has 50 heavy (non-hydrogen) atoms. The van der Waals surface area contributed by atoms with Gasteiger partial charge in [-0.15, -0.1) is 0 Å². The molecule has 8 aromatic rings. The van der Waals surface area contributed by atoms with Crippen molar-refractivity contribution in [3.8, 4) is 33.8 Å². The number of fused-ring (bicyclic) bond motifs is 7. The van der Waals surface area contributed by atoms with Crippen LogP contribution in [0.4, 0.5) is 0 Å². The molecular formula is C48H36N2. The second-order valence-corrected chi connectivity index (χ2v) is 13.9. The summed E-state index contributed by atoms with van der Waals surface area (Å²) in [7, 11) is 0. The van der Waals surface area contributed by atoms with Crippen molar-refractivity contribution in [1.82, 2.24) is 9.97 Å². The fourth-order valence-electron chi connectivity index (χ4n) is 7.84. The van der Waals surface area contributed by atoms with Gasteiger partial charge in [0.15, 0.2) is 5.82 Å². The van der Waals surface area contributed by atoms with E-state index in [0.29, 0.717) is 0 Å². The first-order valence-electron chi connectivity index (χ1n) is 17.3. The lowest BCUT2D eigenvalue weighted by Crippen LogP contribution is -2.15. The third kappa shape index (κ3) is 4.71. The molecule has 0 radical (unpaired) electrons. The van der Waals surface area contributed by atoms with Crippen molar-refractivity contribution in [3.63, 3.8) is 0 Å². The second-order valence-electron chi connectivity index (χ2n) is 13.9. The van der Waals surface area contributed by atoms with Gasteiger partial charge in [-0.2, -0.15) is 0 Å². The predicted molar refractivity (Wildman–Crippen MR) is 213 cm³/mol. The Labute approximate surface area is 292 Å². The quantitative estimate of drug-likeness (QED) is 0.138. The van der Waals surface area contributed by atoms with Crippen LogP contribution in [-0.2, 0) is 5.41 Å². The number of rotatable bonds is 5. The van der Waals surface area contributed by atoms with Crippen molar-refractivity contribution in [2.75, 3.05) is 0 Å². The van der Waals surface area contributed by atoms with Gasteiger partial charge in [-0.3, -0.25) is 0 Å². The van der Waals surface area contributed by atoms with E-state index in [1.165, 1.54) is 65.7 Å². The maximum atomic E-state index is 5.26. The zero-order chi connectivity index (χ0) is 34.0. The minimum absolute atomic E-state index is 0.0332. The van der Waals surface area contributed by atoms with Gasteiger partial charge >= 0.3 is 0 Å². The number of hydrogen-bond donors (Lipinski definition) is 0. The maximum absolute atomic E-state index is 5.26. The number of aromatic nitrogens is 2. The van der Waals surface area contributed by atoms with Crippen LogP contribution in [0.2, 0.25) is 0 Å². The molecule has 1 aliphatic rings. The van der Waals surface area contributed by atoms with Crippen molar-refractivity contribution >= 4 is 48.8 Å². The Hall–Kier alpha value is -6.12. The molecule has 2 heteroatoms. The van der Waals surface area contributed by atoms with Gasteiger partial charge in [0, 0.05) is 21.9 Å². The van der Waals surface area contributed by atoms with E-state index in [-0.39, 0.29) is 5.41 Å². The van der Waals surface area contributed by atoms with Crippen LogP contribution in [0.3, 0.4) is 0 Å². The molecule has 238 valence electrons. The highest BCUT2D eigenvalue weighted by Gasteiger charge is 2.34. The van der Waals surface area contributed by atoms with Gasteiger partial charge < -0.3 is 0 Å². The summed E-state index contributed by atoms with van der Waals surface area (Å²) >= 11 is 0. The van der Waals surface area contributed by atoms with Crippen molar-refractivity contribution < 1.29 is 0 Å². The van der Waals surface area contributed by atoms with Gasteiger partial charge in [0.05, 0.1) is 11.2 Å². The molecule has 7 aromatic carbocycles. The summed E-state index contributed by atoms with van der Waals surface area (Å²) in [5.74, 6) is 0.725. The predicted octanol–water partition coefficient (Wildman–Crippen LogP) is 12.9. The fourth-order valence-corrected chi connectivity index (χ4v) is 7.84. The first kappa shape index (κ1) is 30.0. The summed E-state index contributed by atoms with van der Waals surface area (Å²) in [6.07, 6.45) is 6.12. The van der Waals surface area contributed by atoms with Gasteiger partial charge in [0.25, 0.3) is 0 Å². The molecule has 0 fully saturated rings. The van der Waals surface area contributed by atoms with Gasteiger partial charge in [0.1, 0.15) is 0 Å². The highest BCUT2D eigenvalue weighted by atomic mass is 14.9. The van der Waals surface area contributed by atoms with E-state index < -0.39 is 0 Å². The van der Waals surface area contributed by atoms with Crippen molar-refractivity contribution in [2.24, 2.45) is 0 Å². The SMILES string of the molecule is C=C/C=C\C1=C(C)C(C)(C)c2cc3ccc4ccc5cc(-c6nc(-c7cccc(-c8ccccc8)c7)c7ccccc7n6)ccc5c4c3cc21. The Bertz CT molecular complexity index is 2750. The van der Waals surface area contributed by atoms with Crippen LogP contribution in [0.1, 0.15) is 31.9 Å². The molecule has 1 aliphatic carbocycles. The summed E-state index contributed by atoms with van der Waals surface area (Å²) in [5, 5.41) is 8.51. The fraction of sp³-hybridized carbons (Fsp3) is 0.0833. The van der Waals surface area contributed by atoms with Crippen LogP contribution < -0.4 is 0 Å². The summed E-state index contributed by atoms with van der Waals surface area (Å²) in [4.78, 5) is 10.4. The highest BCUT2D eigenvalue weighted by Crippen LogP contribution is 2.49. The molecule has 9 rings (SSSR count). The monoisotopic (exact) mass is 640 g/mol. The van der Waals surface area contributed by atoms with Crippen LogP contribution in [-0.4, -0.2) is 9.97 Å². The Kier molecular flexibility index (Phi) is 6.89. The number of benzene rings is 7. The molecule has 1 heterocycles. The molecule has 0 N–H and O–H groups in total. The van der Waals surface area contributed by atoms with Crippen molar-refractivity contribution in [3.05, 3.63) is 175 Å². The van der Waals surface area contributed by atoms with E-state index in [1.807, 2.05) is 12.1 Å². The topological polar surface area (TPSA) is 25.8 Å². The van der Waals surface area contributed by atoms with Crippen LogP contribution in [0.15, 0.2) is 164 Å². The molecule has 2 nitrogen and oxygen atoms in total. The van der Waals surface area contributed by atoms with E-state index >= 15 is 0 Å². The van der Waals surface area contributed by atoms with Gasteiger partial charge in [-0.05, 0) is 97.4 Å². The minimum Gasteiger partial charge on any atom is -0.228 e.